The lowest BCUT2D eigenvalue weighted by molar-refractivity contribution is 0.0936. The highest BCUT2D eigenvalue weighted by molar-refractivity contribution is 7.89. The van der Waals surface area contributed by atoms with Crippen LogP contribution in [0.25, 0.3) is 0 Å². The molecule has 1 unspecified atom stereocenters. The zero-order chi connectivity index (χ0) is 20.7. The second kappa shape index (κ2) is 10.2. The summed E-state index contributed by atoms with van der Waals surface area (Å²) in [5.41, 5.74) is 1.15. The van der Waals surface area contributed by atoms with Gasteiger partial charge in [-0.1, -0.05) is 27.2 Å². The van der Waals surface area contributed by atoms with E-state index in [4.69, 9.17) is 4.74 Å². The summed E-state index contributed by atoms with van der Waals surface area (Å²) in [5, 5.41) is 3.01. The molecule has 28 heavy (non-hydrogen) atoms. The van der Waals surface area contributed by atoms with Gasteiger partial charge in [-0.05, 0) is 31.5 Å². The van der Waals surface area contributed by atoms with E-state index in [2.05, 4.69) is 17.1 Å². The number of amides is 1. The number of anilines is 1. The number of carbonyl (C=O) groups excluding carboxylic acids is 1. The van der Waals surface area contributed by atoms with Gasteiger partial charge >= 0.3 is 0 Å². The van der Waals surface area contributed by atoms with Gasteiger partial charge in [-0.15, -0.1) is 0 Å². The van der Waals surface area contributed by atoms with Crippen LogP contribution in [0, 0.1) is 0 Å². The molecule has 1 atom stereocenters. The van der Waals surface area contributed by atoms with E-state index in [0.717, 1.165) is 18.5 Å². The molecule has 0 bridgehead atoms. The summed E-state index contributed by atoms with van der Waals surface area (Å²) in [4.78, 5) is 15.2. The predicted molar refractivity (Wildman–Crippen MR) is 111 cm³/mol. The van der Waals surface area contributed by atoms with Crippen molar-refractivity contribution in [2.75, 3.05) is 44.3 Å². The highest BCUT2D eigenvalue weighted by Gasteiger charge is 2.26. The van der Waals surface area contributed by atoms with Crippen molar-refractivity contribution in [3.63, 3.8) is 0 Å². The number of nitrogens with one attached hydrogen (secondary N) is 1. The standard InChI is InChI=1S/C20H33N3O4S/c1-5-8-16(4)21-20(24)18-15-17(28(25,26)23(6-2)7-3)9-10-19(18)22-11-13-27-14-12-22/h9-10,15-16H,5-8,11-14H2,1-4H3,(H,21,24). The van der Waals surface area contributed by atoms with Crippen molar-refractivity contribution in [3.8, 4) is 0 Å². The normalized spacial score (nSPS) is 16.2. The number of ether oxygens (including phenoxy) is 1. The van der Waals surface area contributed by atoms with Gasteiger partial charge in [-0.25, -0.2) is 8.42 Å². The maximum Gasteiger partial charge on any atom is 0.253 e. The molecule has 1 aromatic rings. The van der Waals surface area contributed by atoms with E-state index >= 15 is 0 Å². The lowest BCUT2D eigenvalue weighted by Crippen LogP contribution is -2.39. The topological polar surface area (TPSA) is 79.0 Å². The third kappa shape index (κ3) is 5.24. The molecule has 1 fully saturated rings. The Hall–Kier alpha value is -1.64. The maximum atomic E-state index is 13.0. The van der Waals surface area contributed by atoms with Crippen molar-refractivity contribution >= 4 is 21.6 Å². The van der Waals surface area contributed by atoms with Crippen LogP contribution in [0.3, 0.4) is 0 Å². The molecule has 1 N–H and O–H groups in total. The van der Waals surface area contributed by atoms with Crippen molar-refractivity contribution in [2.24, 2.45) is 0 Å². The van der Waals surface area contributed by atoms with Crippen LogP contribution >= 0.6 is 0 Å². The van der Waals surface area contributed by atoms with E-state index in [1.54, 1.807) is 12.1 Å². The van der Waals surface area contributed by atoms with Gasteiger partial charge in [-0.3, -0.25) is 4.79 Å². The van der Waals surface area contributed by atoms with Crippen LogP contribution < -0.4 is 10.2 Å². The number of benzene rings is 1. The first kappa shape index (κ1) is 22.6. The van der Waals surface area contributed by atoms with Crippen LogP contribution in [0.5, 0.6) is 0 Å². The van der Waals surface area contributed by atoms with E-state index in [0.29, 0.717) is 45.0 Å². The number of morpholine rings is 1. The molecule has 0 spiro atoms. The average molecular weight is 412 g/mol. The largest absolute Gasteiger partial charge is 0.378 e. The van der Waals surface area contributed by atoms with E-state index in [1.165, 1.54) is 10.4 Å². The Kier molecular flexibility index (Phi) is 8.27. The predicted octanol–water partition coefficient (Wildman–Crippen LogP) is 2.47. The first-order valence-electron chi connectivity index (χ1n) is 10.1. The molecule has 0 radical (unpaired) electrons. The minimum Gasteiger partial charge on any atom is -0.378 e. The Bertz CT molecular complexity index is 757. The first-order chi connectivity index (χ1) is 13.3. The van der Waals surface area contributed by atoms with E-state index in [-0.39, 0.29) is 16.8 Å². The number of sulfonamides is 1. The third-order valence-electron chi connectivity index (χ3n) is 5.01. The van der Waals surface area contributed by atoms with Crippen LogP contribution in [0.15, 0.2) is 23.1 Å². The highest BCUT2D eigenvalue weighted by atomic mass is 32.2. The van der Waals surface area contributed by atoms with E-state index < -0.39 is 10.0 Å². The summed E-state index contributed by atoms with van der Waals surface area (Å²) in [6.45, 7) is 11.0. The van der Waals surface area contributed by atoms with Gasteiger partial charge in [0.15, 0.2) is 0 Å². The van der Waals surface area contributed by atoms with Crippen molar-refractivity contribution in [1.82, 2.24) is 9.62 Å². The van der Waals surface area contributed by atoms with Crippen molar-refractivity contribution in [3.05, 3.63) is 23.8 Å². The summed E-state index contributed by atoms with van der Waals surface area (Å²) in [5.74, 6) is -0.237. The smallest absolute Gasteiger partial charge is 0.253 e. The number of rotatable bonds is 9. The van der Waals surface area contributed by atoms with Gasteiger partial charge in [-0.2, -0.15) is 4.31 Å². The van der Waals surface area contributed by atoms with Crippen LogP contribution in [-0.2, 0) is 14.8 Å². The van der Waals surface area contributed by atoms with Crippen LogP contribution in [0.4, 0.5) is 5.69 Å². The summed E-state index contributed by atoms with van der Waals surface area (Å²) in [6.07, 6.45) is 1.84. The number of hydrogen-bond donors (Lipinski definition) is 1. The van der Waals surface area contributed by atoms with Gasteiger partial charge in [0.25, 0.3) is 5.91 Å². The summed E-state index contributed by atoms with van der Waals surface area (Å²) in [6, 6.07) is 4.90. The fraction of sp³-hybridized carbons (Fsp3) is 0.650. The van der Waals surface area contributed by atoms with Crippen LogP contribution in [0.2, 0.25) is 0 Å². The zero-order valence-corrected chi connectivity index (χ0v) is 18.2. The Labute approximate surface area is 169 Å². The lowest BCUT2D eigenvalue weighted by Gasteiger charge is -2.31. The summed E-state index contributed by atoms with van der Waals surface area (Å²) in [7, 11) is -3.63. The molecule has 2 rings (SSSR count). The lowest BCUT2D eigenvalue weighted by atomic mass is 10.1. The molecule has 7 nitrogen and oxygen atoms in total. The van der Waals surface area contributed by atoms with E-state index in [9.17, 15) is 13.2 Å². The Morgan fingerprint density at radius 1 is 1.21 bits per heavy atom. The summed E-state index contributed by atoms with van der Waals surface area (Å²) < 4.78 is 32.7. The molecule has 8 heteroatoms. The molecule has 0 aromatic heterocycles. The van der Waals surface area contributed by atoms with Crippen LogP contribution in [0.1, 0.15) is 50.9 Å². The highest BCUT2D eigenvalue weighted by Crippen LogP contribution is 2.27. The monoisotopic (exact) mass is 411 g/mol. The fourth-order valence-electron chi connectivity index (χ4n) is 3.46. The van der Waals surface area contributed by atoms with E-state index in [1.807, 2.05) is 20.8 Å². The molecule has 1 aliphatic rings. The molecular formula is C20H33N3O4S. The molecule has 1 aromatic carbocycles. The quantitative estimate of drug-likeness (QED) is 0.675. The minimum atomic E-state index is -3.63. The number of carbonyl (C=O) groups is 1. The molecule has 1 amide bonds. The Morgan fingerprint density at radius 3 is 2.43 bits per heavy atom. The van der Waals surface area contributed by atoms with Gasteiger partial charge in [0, 0.05) is 37.9 Å². The van der Waals surface area contributed by atoms with Crippen LogP contribution in [-0.4, -0.2) is 64.1 Å². The number of hydrogen-bond acceptors (Lipinski definition) is 5. The van der Waals surface area contributed by atoms with Crippen molar-refractivity contribution in [2.45, 2.75) is 51.5 Å². The fourth-order valence-corrected chi connectivity index (χ4v) is 4.94. The minimum absolute atomic E-state index is 0.0260. The second-order valence-electron chi connectivity index (χ2n) is 7.03. The first-order valence-corrected chi connectivity index (χ1v) is 11.6. The summed E-state index contributed by atoms with van der Waals surface area (Å²) >= 11 is 0. The van der Waals surface area contributed by atoms with Gasteiger partial charge in [0.05, 0.1) is 23.7 Å². The molecule has 0 aliphatic carbocycles. The van der Waals surface area contributed by atoms with Gasteiger partial charge < -0.3 is 15.0 Å². The molecule has 0 saturated carbocycles. The average Bonchev–Trinajstić information content (AvgIpc) is 2.69. The zero-order valence-electron chi connectivity index (χ0n) is 17.4. The Morgan fingerprint density at radius 2 is 1.86 bits per heavy atom. The molecular weight excluding hydrogens is 378 g/mol. The Balaban J connectivity index is 2.45. The maximum absolute atomic E-state index is 13.0. The van der Waals surface area contributed by atoms with Crippen molar-refractivity contribution in [1.29, 1.82) is 0 Å². The SMILES string of the molecule is CCCC(C)NC(=O)c1cc(S(=O)(=O)N(CC)CC)ccc1N1CCOCC1. The molecule has 158 valence electrons. The third-order valence-corrected chi connectivity index (χ3v) is 7.05. The second-order valence-corrected chi connectivity index (χ2v) is 8.97. The molecule has 1 heterocycles. The van der Waals surface area contributed by atoms with Crippen molar-refractivity contribution < 1.29 is 17.9 Å². The number of nitrogens with zero attached hydrogens (tertiary/aromatic N) is 2. The molecule has 1 aliphatic heterocycles. The molecule has 1 saturated heterocycles. The van der Waals surface area contributed by atoms with Gasteiger partial charge in [0.1, 0.15) is 0 Å². The van der Waals surface area contributed by atoms with Gasteiger partial charge in [0.2, 0.25) is 10.0 Å².